The van der Waals surface area contributed by atoms with Crippen molar-refractivity contribution in [2.75, 3.05) is 18.0 Å². The number of rotatable bonds is 5. The van der Waals surface area contributed by atoms with Gasteiger partial charge in [-0.1, -0.05) is 37.3 Å². The van der Waals surface area contributed by atoms with Crippen molar-refractivity contribution >= 4 is 11.5 Å². The van der Waals surface area contributed by atoms with Crippen molar-refractivity contribution in [2.24, 2.45) is 5.73 Å². The molecule has 3 rings (SSSR count). The largest absolute Gasteiger partial charge is 0.371 e. The second-order valence-electron chi connectivity index (χ2n) is 6.73. The van der Waals surface area contributed by atoms with E-state index in [1.54, 1.807) is 0 Å². The molecule has 24 heavy (non-hydrogen) atoms. The minimum atomic E-state index is -0.227. The van der Waals surface area contributed by atoms with Gasteiger partial charge in [0.05, 0.1) is 0 Å². The van der Waals surface area contributed by atoms with Crippen LogP contribution in [0, 0.1) is 0 Å². The van der Waals surface area contributed by atoms with Crippen LogP contribution < -0.4 is 10.6 Å². The second kappa shape index (κ2) is 7.18. The molecule has 0 saturated carbocycles. The van der Waals surface area contributed by atoms with Crippen molar-refractivity contribution in [3.63, 3.8) is 0 Å². The maximum absolute atomic E-state index is 11.9. The molecule has 1 heterocycles. The number of nitrogens with two attached hydrogens (primary N) is 1. The Bertz CT molecular complexity index is 671. The Morgan fingerprint density at radius 3 is 2.25 bits per heavy atom. The van der Waals surface area contributed by atoms with Crippen molar-refractivity contribution in [3.05, 3.63) is 65.7 Å². The SMILES string of the molecule is CCCC(=O)c1ccc(N2CCC(N)(c3ccccc3)CC2)cc1. The highest BCUT2D eigenvalue weighted by Crippen LogP contribution is 2.32. The molecule has 0 aromatic heterocycles. The molecular weight excluding hydrogens is 296 g/mol. The third-order valence-corrected chi connectivity index (χ3v) is 5.04. The average Bonchev–Trinajstić information content (AvgIpc) is 2.63. The van der Waals surface area contributed by atoms with Gasteiger partial charge in [0.15, 0.2) is 5.78 Å². The van der Waals surface area contributed by atoms with E-state index in [4.69, 9.17) is 5.73 Å². The number of piperidine rings is 1. The number of hydrogen-bond donors (Lipinski definition) is 1. The van der Waals surface area contributed by atoms with Gasteiger partial charge < -0.3 is 10.6 Å². The van der Waals surface area contributed by atoms with Gasteiger partial charge in [-0.2, -0.15) is 0 Å². The molecule has 1 aliphatic heterocycles. The number of ketones is 1. The van der Waals surface area contributed by atoms with E-state index >= 15 is 0 Å². The molecule has 2 aromatic rings. The van der Waals surface area contributed by atoms with Gasteiger partial charge in [0, 0.05) is 36.3 Å². The summed E-state index contributed by atoms with van der Waals surface area (Å²) in [6.07, 6.45) is 3.39. The predicted octanol–water partition coefficient (Wildman–Crippen LogP) is 4.12. The maximum Gasteiger partial charge on any atom is 0.162 e. The van der Waals surface area contributed by atoms with Gasteiger partial charge >= 0.3 is 0 Å². The van der Waals surface area contributed by atoms with Crippen molar-refractivity contribution in [3.8, 4) is 0 Å². The highest BCUT2D eigenvalue weighted by molar-refractivity contribution is 5.96. The number of Topliss-reactive ketones (excluding diaryl/α,β-unsaturated/α-hetero) is 1. The molecule has 0 amide bonds. The van der Waals surface area contributed by atoms with Gasteiger partial charge in [0.2, 0.25) is 0 Å². The van der Waals surface area contributed by atoms with E-state index in [0.717, 1.165) is 37.9 Å². The molecule has 0 aliphatic carbocycles. The number of carbonyl (C=O) groups is 1. The molecular formula is C21H26N2O. The summed E-state index contributed by atoms with van der Waals surface area (Å²) in [6.45, 7) is 3.91. The van der Waals surface area contributed by atoms with E-state index in [2.05, 4.69) is 41.3 Å². The van der Waals surface area contributed by atoms with Crippen LogP contribution in [0.3, 0.4) is 0 Å². The Balaban J connectivity index is 1.65. The quantitative estimate of drug-likeness (QED) is 0.842. The van der Waals surface area contributed by atoms with Crippen LogP contribution in [-0.2, 0) is 5.54 Å². The van der Waals surface area contributed by atoms with Crippen molar-refractivity contribution in [1.29, 1.82) is 0 Å². The van der Waals surface area contributed by atoms with Crippen LogP contribution in [0.15, 0.2) is 54.6 Å². The van der Waals surface area contributed by atoms with Crippen LogP contribution in [0.1, 0.15) is 48.5 Å². The van der Waals surface area contributed by atoms with Crippen LogP contribution in [0.4, 0.5) is 5.69 Å². The summed E-state index contributed by atoms with van der Waals surface area (Å²) in [7, 11) is 0. The van der Waals surface area contributed by atoms with Crippen molar-refractivity contribution in [2.45, 2.75) is 38.1 Å². The molecule has 0 bridgehead atoms. The van der Waals surface area contributed by atoms with E-state index in [0.29, 0.717) is 6.42 Å². The zero-order valence-electron chi connectivity index (χ0n) is 14.4. The Morgan fingerprint density at radius 2 is 1.67 bits per heavy atom. The predicted molar refractivity (Wildman–Crippen MR) is 99.4 cm³/mol. The lowest BCUT2D eigenvalue weighted by Crippen LogP contribution is -2.48. The fourth-order valence-electron chi connectivity index (χ4n) is 3.45. The first-order valence-corrected chi connectivity index (χ1v) is 8.85. The molecule has 3 nitrogen and oxygen atoms in total. The normalized spacial score (nSPS) is 16.8. The van der Waals surface area contributed by atoms with Crippen LogP contribution in [-0.4, -0.2) is 18.9 Å². The Morgan fingerprint density at radius 1 is 1.04 bits per heavy atom. The maximum atomic E-state index is 11.9. The zero-order valence-corrected chi connectivity index (χ0v) is 14.4. The number of nitrogens with zero attached hydrogens (tertiary/aromatic N) is 1. The minimum Gasteiger partial charge on any atom is -0.371 e. The molecule has 0 radical (unpaired) electrons. The Kier molecular flexibility index (Phi) is 5.00. The molecule has 2 aromatic carbocycles. The summed E-state index contributed by atoms with van der Waals surface area (Å²) in [5.41, 5.74) is 9.64. The van der Waals surface area contributed by atoms with Crippen molar-refractivity contribution < 1.29 is 4.79 Å². The van der Waals surface area contributed by atoms with Gasteiger partial charge in [0.1, 0.15) is 0 Å². The van der Waals surface area contributed by atoms with E-state index in [1.165, 1.54) is 11.3 Å². The van der Waals surface area contributed by atoms with Gasteiger partial charge in [-0.25, -0.2) is 0 Å². The highest BCUT2D eigenvalue weighted by Gasteiger charge is 2.32. The first kappa shape index (κ1) is 16.7. The molecule has 3 heteroatoms. The first-order chi connectivity index (χ1) is 11.6. The van der Waals surface area contributed by atoms with E-state index in [1.807, 2.05) is 25.1 Å². The summed E-state index contributed by atoms with van der Waals surface area (Å²) in [5.74, 6) is 0.229. The summed E-state index contributed by atoms with van der Waals surface area (Å²) in [5, 5.41) is 0. The molecule has 1 saturated heterocycles. The second-order valence-corrected chi connectivity index (χ2v) is 6.73. The van der Waals surface area contributed by atoms with Crippen LogP contribution in [0.25, 0.3) is 0 Å². The Labute approximate surface area is 144 Å². The number of anilines is 1. The highest BCUT2D eigenvalue weighted by atomic mass is 16.1. The summed E-state index contributed by atoms with van der Waals surface area (Å²) in [6, 6.07) is 18.4. The first-order valence-electron chi connectivity index (χ1n) is 8.85. The molecule has 1 aliphatic rings. The van der Waals surface area contributed by atoms with Crippen molar-refractivity contribution in [1.82, 2.24) is 0 Å². The molecule has 0 atom stereocenters. The lowest BCUT2D eigenvalue weighted by Gasteiger charge is -2.40. The number of hydrogen-bond acceptors (Lipinski definition) is 3. The van der Waals surface area contributed by atoms with Gasteiger partial charge in [-0.15, -0.1) is 0 Å². The lowest BCUT2D eigenvalue weighted by atomic mass is 9.82. The third kappa shape index (κ3) is 3.51. The van der Waals surface area contributed by atoms with E-state index in [-0.39, 0.29) is 11.3 Å². The fraction of sp³-hybridized carbons (Fsp3) is 0.381. The van der Waals surface area contributed by atoms with Crippen LogP contribution in [0.2, 0.25) is 0 Å². The minimum absolute atomic E-state index is 0.227. The summed E-state index contributed by atoms with van der Waals surface area (Å²) in [4.78, 5) is 14.3. The number of benzene rings is 2. The Hall–Kier alpha value is -2.13. The smallest absolute Gasteiger partial charge is 0.162 e. The van der Waals surface area contributed by atoms with E-state index < -0.39 is 0 Å². The third-order valence-electron chi connectivity index (χ3n) is 5.04. The average molecular weight is 322 g/mol. The summed E-state index contributed by atoms with van der Waals surface area (Å²) < 4.78 is 0. The molecule has 2 N–H and O–H groups in total. The van der Waals surface area contributed by atoms with Gasteiger partial charge in [0.25, 0.3) is 0 Å². The molecule has 126 valence electrons. The lowest BCUT2D eigenvalue weighted by molar-refractivity contribution is 0.0982. The molecule has 0 unspecified atom stereocenters. The van der Waals surface area contributed by atoms with Gasteiger partial charge in [-0.05, 0) is 49.1 Å². The fourth-order valence-corrected chi connectivity index (χ4v) is 3.45. The number of carbonyl (C=O) groups excluding carboxylic acids is 1. The monoisotopic (exact) mass is 322 g/mol. The zero-order chi connectivity index (χ0) is 17.0. The summed E-state index contributed by atoms with van der Waals surface area (Å²) >= 11 is 0. The van der Waals surface area contributed by atoms with Crippen LogP contribution >= 0.6 is 0 Å². The standard InChI is InChI=1S/C21H26N2O/c1-2-6-20(24)17-9-11-19(12-10-17)23-15-13-21(22,14-16-23)18-7-4-3-5-8-18/h3-5,7-12H,2,6,13-16,22H2,1H3. The van der Waals surface area contributed by atoms with Crippen LogP contribution in [0.5, 0.6) is 0 Å². The molecule has 0 spiro atoms. The topological polar surface area (TPSA) is 46.3 Å². The van der Waals surface area contributed by atoms with E-state index in [9.17, 15) is 4.79 Å². The molecule has 1 fully saturated rings. The van der Waals surface area contributed by atoms with Gasteiger partial charge in [-0.3, -0.25) is 4.79 Å².